The number of carboxylic acid groups (broad SMARTS) is 1. The van der Waals surface area contributed by atoms with Crippen molar-refractivity contribution in [3.63, 3.8) is 0 Å². The third-order valence-electron chi connectivity index (χ3n) is 1.89. The lowest BCUT2D eigenvalue weighted by Crippen LogP contribution is -2.04. The first-order valence-electron chi connectivity index (χ1n) is 4.06. The van der Waals surface area contributed by atoms with Gasteiger partial charge >= 0.3 is 5.97 Å². The van der Waals surface area contributed by atoms with Crippen LogP contribution in [0.4, 0.5) is 4.39 Å². The molecule has 0 aliphatic carbocycles. The van der Waals surface area contributed by atoms with Gasteiger partial charge in [0.25, 0.3) is 0 Å². The maximum Gasteiger partial charge on any atom is 0.338 e. The minimum absolute atomic E-state index is 0.221. The lowest BCUT2D eigenvalue weighted by Gasteiger charge is -2.02. The first kappa shape index (κ1) is 10.2. The Morgan fingerprint density at radius 2 is 2.29 bits per heavy atom. The minimum Gasteiger partial charge on any atom is -0.478 e. The van der Waals surface area contributed by atoms with E-state index < -0.39 is 17.3 Å². The Labute approximate surface area is 80.4 Å². The second-order valence-corrected chi connectivity index (χ2v) is 2.78. The van der Waals surface area contributed by atoms with Crippen LogP contribution in [-0.2, 0) is 6.42 Å². The highest BCUT2D eigenvalue weighted by atomic mass is 19.1. The molecule has 0 aromatic heterocycles. The van der Waals surface area contributed by atoms with Crippen LogP contribution in [0.1, 0.15) is 28.4 Å². The molecule has 0 saturated carbocycles. The van der Waals surface area contributed by atoms with E-state index in [0.717, 1.165) is 0 Å². The third kappa shape index (κ3) is 1.72. The molecule has 14 heavy (non-hydrogen) atoms. The van der Waals surface area contributed by atoms with Crippen molar-refractivity contribution in [2.45, 2.75) is 13.3 Å². The van der Waals surface area contributed by atoms with E-state index >= 15 is 0 Å². The molecular formula is C10H8FNO2. The van der Waals surface area contributed by atoms with Crippen LogP contribution in [0.15, 0.2) is 12.1 Å². The number of benzene rings is 1. The summed E-state index contributed by atoms with van der Waals surface area (Å²) in [7, 11) is 0. The van der Waals surface area contributed by atoms with Crippen molar-refractivity contribution in [3.8, 4) is 6.07 Å². The summed E-state index contributed by atoms with van der Waals surface area (Å²) in [5, 5.41) is 17.2. The third-order valence-corrected chi connectivity index (χ3v) is 1.89. The van der Waals surface area contributed by atoms with E-state index in [1.54, 1.807) is 13.0 Å². The molecule has 1 aromatic carbocycles. The van der Waals surface area contributed by atoms with Crippen molar-refractivity contribution < 1.29 is 14.3 Å². The quantitative estimate of drug-likeness (QED) is 0.780. The van der Waals surface area contributed by atoms with E-state index in [-0.39, 0.29) is 5.56 Å². The SMILES string of the molecule is CCc1cc(C#N)c(F)c(C(=O)O)c1. The van der Waals surface area contributed by atoms with Crippen LogP contribution in [0.25, 0.3) is 0 Å². The molecule has 1 aromatic rings. The molecule has 3 nitrogen and oxygen atoms in total. The number of hydrogen-bond donors (Lipinski definition) is 1. The van der Waals surface area contributed by atoms with Crippen molar-refractivity contribution in [2.24, 2.45) is 0 Å². The largest absolute Gasteiger partial charge is 0.478 e. The Bertz CT molecular complexity index is 421. The number of carboxylic acids is 1. The summed E-state index contributed by atoms with van der Waals surface area (Å²) in [6.07, 6.45) is 0.565. The van der Waals surface area contributed by atoms with Gasteiger partial charge in [-0.3, -0.25) is 0 Å². The molecule has 0 amide bonds. The predicted octanol–water partition coefficient (Wildman–Crippen LogP) is 1.96. The van der Waals surface area contributed by atoms with Crippen molar-refractivity contribution >= 4 is 5.97 Å². The maximum atomic E-state index is 13.2. The Balaban J connectivity index is 3.44. The van der Waals surface area contributed by atoms with Gasteiger partial charge in [-0.1, -0.05) is 6.92 Å². The fourth-order valence-electron chi connectivity index (χ4n) is 1.13. The number of carbonyl (C=O) groups is 1. The van der Waals surface area contributed by atoms with Gasteiger partial charge in [-0.25, -0.2) is 9.18 Å². The highest BCUT2D eigenvalue weighted by molar-refractivity contribution is 5.88. The molecule has 4 heteroatoms. The van der Waals surface area contributed by atoms with E-state index in [0.29, 0.717) is 12.0 Å². The average Bonchev–Trinajstić information content (AvgIpc) is 2.17. The van der Waals surface area contributed by atoms with E-state index in [1.807, 2.05) is 0 Å². The van der Waals surface area contributed by atoms with Crippen molar-refractivity contribution in [2.75, 3.05) is 0 Å². The first-order chi connectivity index (χ1) is 6.60. The van der Waals surface area contributed by atoms with Crippen LogP contribution in [0.5, 0.6) is 0 Å². The van der Waals surface area contributed by atoms with Crippen molar-refractivity contribution in [1.29, 1.82) is 5.26 Å². The molecule has 0 radical (unpaired) electrons. The summed E-state index contributed by atoms with van der Waals surface area (Å²) >= 11 is 0. The van der Waals surface area contributed by atoms with E-state index in [9.17, 15) is 9.18 Å². The number of aromatic carboxylic acids is 1. The molecule has 0 saturated heterocycles. The predicted molar refractivity (Wildman–Crippen MR) is 47.5 cm³/mol. The zero-order valence-corrected chi connectivity index (χ0v) is 7.54. The number of nitrogens with zero attached hydrogens (tertiary/aromatic N) is 1. The van der Waals surface area contributed by atoms with Gasteiger partial charge in [0.2, 0.25) is 0 Å². The molecule has 0 fully saturated rings. The summed E-state index contributed by atoms with van der Waals surface area (Å²) in [6, 6.07) is 4.24. The standard InChI is InChI=1S/C10H8FNO2/c1-2-6-3-7(5-12)9(11)8(4-6)10(13)14/h3-4H,2H2,1H3,(H,13,14). The fourth-order valence-corrected chi connectivity index (χ4v) is 1.13. The van der Waals surface area contributed by atoms with Crippen LogP contribution in [-0.4, -0.2) is 11.1 Å². The van der Waals surface area contributed by atoms with Crippen molar-refractivity contribution in [1.82, 2.24) is 0 Å². The first-order valence-corrected chi connectivity index (χ1v) is 4.06. The molecule has 72 valence electrons. The van der Waals surface area contributed by atoms with Gasteiger partial charge in [-0.2, -0.15) is 5.26 Å². The molecule has 0 atom stereocenters. The monoisotopic (exact) mass is 193 g/mol. The molecule has 1 rings (SSSR count). The zero-order chi connectivity index (χ0) is 10.7. The summed E-state index contributed by atoms with van der Waals surface area (Å²) in [5.74, 6) is -2.31. The molecule has 0 heterocycles. The molecule has 0 spiro atoms. The Morgan fingerprint density at radius 1 is 1.64 bits per heavy atom. The molecule has 0 unspecified atom stereocenters. The fraction of sp³-hybridized carbons (Fsp3) is 0.200. The van der Waals surface area contributed by atoms with Gasteiger partial charge in [-0.05, 0) is 24.1 Å². The molecule has 0 bridgehead atoms. The van der Waals surface area contributed by atoms with Gasteiger partial charge in [-0.15, -0.1) is 0 Å². The Hall–Kier alpha value is -1.89. The number of hydrogen-bond acceptors (Lipinski definition) is 2. The van der Waals surface area contributed by atoms with E-state index in [2.05, 4.69) is 0 Å². The van der Waals surface area contributed by atoms with Crippen molar-refractivity contribution in [3.05, 3.63) is 34.6 Å². The maximum absolute atomic E-state index is 13.2. The second kappa shape index (κ2) is 3.88. The smallest absolute Gasteiger partial charge is 0.338 e. The lowest BCUT2D eigenvalue weighted by atomic mass is 10.0. The summed E-state index contributed by atoms with van der Waals surface area (Å²) in [5.41, 5.74) is -0.0250. The molecule has 0 aliphatic rings. The van der Waals surface area contributed by atoms with Crippen LogP contribution in [0.3, 0.4) is 0 Å². The number of aryl methyl sites for hydroxylation is 1. The van der Waals surface area contributed by atoms with Crippen LogP contribution < -0.4 is 0 Å². The van der Waals surface area contributed by atoms with Gasteiger partial charge < -0.3 is 5.11 Å². The second-order valence-electron chi connectivity index (χ2n) is 2.78. The highest BCUT2D eigenvalue weighted by Crippen LogP contribution is 2.16. The summed E-state index contributed by atoms with van der Waals surface area (Å²) in [6.45, 7) is 1.81. The van der Waals surface area contributed by atoms with Crippen LogP contribution in [0, 0.1) is 17.1 Å². The molecule has 1 N–H and O–H groups in total. The zero-order valence-electron chi connectivity index (χ0n) is 7.54. The number of halogens is 1. The van der Waals surface area contributed by atoms with Gasteiger partial charge in [0, 0.05) is 0 Å². The van der Waals surface area contributed by atoms with Crippen LogP contribution in [0.2, 0.25) is 0 Å². The average molecular weight is 193 g/mol. The molecular weight excluding hydrogens is 185 g/mol. The number of nitriles is 1. The Kier molecular flexibility index (Phi) is 2.82. The lowest BCUT2D eigenvalue weighted by molar-refractivity contribution is 0.0691. The topological polar surface area (TPSA) is 61.1 Å². The van der Waals surface area contributed by atoms with E-state index in [1.165, 1.54) is 12.1 Å². The number of rotatable bonds is 2. The van der Waals surface area contributed by atoms with Gasteiger partial charge in [0.15, 0.2) is 5.82 Å². The highest BCUT2D eigenvalue weighted by Gasteiger charge is 2.15. The normalized spacial score (nSPS) is 9.50. The molecule has 0 aliphatic heterocycles. The minimum atomic E-state index is -1.35. The summed E-state index contributed by atoms with van der Waals surface area (Å²) in [4.78, 5) is 10.6. The van der Waals surface area contributed by atoms with Gasteiger partial charge in [0.05, 0.1) is 11.1 Å². The van der Waals surface area contributed by atoms with E-state index in [4.69, 9.17) is 10.4 Å². The summed E-state index contributed by atoms with van der Waals surface area (Å²) < 4.78 is 13.2. The van der Waals surface area contributed by atoms with Crippen LogP contribution >= 0.6 is 0 Å². The Morgan fingerprint density at radius 3 is 2.71 bits per heavy atom. The van der Waals surface area contributed by atoms with Gasteiger partial charge in [0.1, 0.15) is 6.07 Å².